The van der Waals surface area contributed by atoms with Crippen LogP contribution < -0.4 is 5.73 Å². The first-order chi connectivity index (χ1) is 6.24. The average molecular weight is 179 g/mol. The lowest BCUT2D eigenvalue weighted by atomic mass is 9.99. The van der Waals surface area contributed by atoms with Crippen molar-refractivity contribution < 1.29 is 0 Å². The van der Waals surface area contributed by atoms with Gasteiger partial charge in [0.1, 0.15) is 5.82 Å². The van der Waals surface area contributed by atoms with Crippen LogP contribution in [-0.4, -0.2) is 9.97 Å². The number of nitrogens with zero attached hydrogens (tertiary/aromatic N) is 1. The van der Waals surface area contributed by atoms with Crippen LogP contribution in [0.2, 0.25) is 0 Å². The van der Waals surface area contributed by atoms with E-state index in [1.807, 2.05) is 6.20 Å². The fraction of sp³-hybridized carbons (Fsp3) is 0.700. The molecule has 0 saturated heterocycles. The van der Waals surface area contributed by atoms with Gasteiger partial charge in [-0.05, 0) is 19.3 Å². The van der Waals surface area contributed by atoms with Crippen molar-refractivity contribution in [2.75, 3.05) is 0 Å². The van der Waals surface area contributed by atoms with Gasteiger partial charge in [0.2, 0.25) is 0 Å². The van der Waals surface area contributed by atoms with Gasteiger partial charge in [0.05, 0.1) is 5.54 Å². The minimum absolute atomic E-state index is 0.159. The fourth-order valence-corrected chi connectivity index (χ4v) is 2.03. The number of hydrogen-bond donors (Lipinski definition) is 2. The Hall–Kier alpha value is -0.830. The fourth-order valence-electron chi connectivity index (χ4n) is 2.03. The quantitative estimate of drug-likeness (QED) is 0.726. The molecule has 1 aliphatic rings. The molecule has 0 spiro atoms. The lowest BCUT2D eigenvalue weighted by molar-refractivity contribution is 0.435. The maximum atomic E-state index is 6.25. The molecule has 0 bridgehead atoms. The molecule has 3 N–H and O–H groups in total. The highest BCUT2D eigenvalue weighted by Gasteiger charge is 2.33. The minimum atomic E-state index is -0.159. The molecule has 1 heterocycles. The monoisotopic (exact) mass is 179 g/mol. The Morgan fingerprint density at radius 1 is 1.54 bits per heavy atom. The third-order valence-electron chi connectivity index (χ3n) is 2.98. The van der Waals surface area contributed by atoms with E-state index in [0.717, 1.165) is 25.1 Å². The number of aromatic amines is 1. The van der Waals surface area contributed by atoms with E-state index < -0.39 is 0 Å². The van der Waals surface area contributed by atoms with Crippen molar-refractivity contribution in [3.63, 3.8) is 0 Å². The molecule has 0 unspecified atom stereocenters. The molecular weight excluding hydrogens is 162 g/mol. The second-order valence-electron chi connectivity index (χ2n) is 3.97. The first-order valence-corrected chi connectivity index (χ1v) is 5.08. The summed E-state index contributed by atoms with van der Waals surface area (Å²) in [7, 11) is 0. The number of aryl methyl sites for hydroxylation is 1. The standard InChI is InChI=1S/C10H17N3/c1-2-8-7-12-9(13-8)10(11)5-3-4-6-10/h7H,2-6,11H2,1H3,(H,12,13). The van der Waals surface area contributed by atoms with Gasteiger partial charge in [-0.25, -0.2) is 4.98 Å². The summed E-state index contributed by atoms with van der Waals surface area (Å²) >= 11 is 0. The molecule has 72 valence electrons. The summed E-state index contributed by atoms with van der Waals surface area (Å²) in [5.74, 6) is 0.988. The first kappa shape index (κ1) is 8.75. The van der Waals surface area contributed by atoms with E-state index in [2.05, 4.69) is 16.9 Å². The Balaban J connectivity index is 2.23. The summed E-state index contributed by atoms with van der Waals surface area (Å²) in [6.45, 7) is 2.12. The molecule has 0 amide bonds. The summed E-state index contributed by atoms with van der Waals surface area (Å²) in [6.07, 6.45) is 7.52. The maximum Gasteiger partial charge on any atom is 0.126 e. The van der Waals surface area contributed by atoms with E-state index in [0.29, 0.717) is 0 Å². The van der Waals surface area contributed by atoms with Gasteiger partial charge in [-0.1, -0.05) is 19.8 Å². The van der Waals surface area contributed by atoms with Crippen LogP contribution in [0.25, 0.3) is 0 Å². The smallest absolute Gasteiger partial charge is 0.126 e. The molecule has 1 fully saturated rings. The number of rotatable bonds is 2. The number of H-pyrrole nitrogens is 1. The van der Waals surface area contributed by atoms with Crippen LogP contribution in [0, 0.1) is 0 Å². The predicted octanol–water partition coefficient (Wildman–Crippen LogP) is 1.70. The highest BCUT2D eigenvalue weighted by molar-refractivity contribution is 5.12. The van der Waals surface area contributed by atoms with Gasteiger partial charge in [0.25, 0.3) is 0 Å². The molecule has 1 aliphatic carbocycles. The molecule has 13 heavy (non-hydrogen) atoms. The summed E-state index contributed by atoms with van der Waals surface area (Å²) in [5.41, 5.74) is 7.28. The zero-order valence-electron chi connectivity index (χ0n) is 8.14. The van der Waals surface area contributed by atoms with Crippen LogP contribution in [0.4, 0.5) is 0 Å². The largest absolute Gasteiger partial charge is 0.344 e. The Morgan fingerprint density at radius 2 is 2.23 bits per heavy atom. The van der Waals surface area contributed by atoms with E-state index in [1.54, 1.807) is 0 Å². The van der Waals surface area contributed by atoms with Gasteiger partial charge in [0, 0.05) is 11.9 Å². The molecular formula is C10H17N3. The summed E-state index contributed by atoms with van der Waals surface area (Å²) in [4.78, 5) is 7.67. The second kappa shape index (κ2) is 3.14. The van der Waals surface area contributed by atoms with Gasteiger partial charge in [-0.3, -0.25) is 0 Å². The van der Waals surface area contributed by atoms with Crippen molar-refractivity contribution >= 4 is 0 Å². The van der Waals surface area contributed by atoms with E-state index in [-0.39, 0.29) is 5.54 Å². The van der Waals surface area contributed by atoms with E-state index >= 15 is 0 Å². The van der Waals surface area contributed by atoms with E-state index in [9.17, 15) is 0 Å². The van der Waals surface area contributed by atoms with E-state index in [4.69, 9.17) is 5.73 Å². The van der Waals surface area contributed by atoms with E-state index in [1.165, 1.54) is 18.5 Å². The Bertz CT molecular complexity index is 284. The Labute approximate surface area is 78.7 Å². The van der Waals surface area contributed by atoms with Gasteiger partial charge in [-0.2, -0.15) is 0 Å². The zero-order valence-corrected chi connectivity index (χ0v) is 8.14. The first-order valence-electron chi connectivity index (χ1n) is 5.08. The van der Waals surface area contributed by atoms with Crippen LogP contribution in [0.5, 0.6) is 0 Å². The molecule has 1 aromatic heterocycles. The Morgan fingerprint density at radius 3 is 2.77 bits per heavy atom. The lowest BCUT2D eigenvalue weighted by Gasteiger charge is -2.20. The third-order valence-corrected chi connectivity index (χ3v) is 2.98. The molecule has 0 radical (unpaired) electrons. The molecule has 2 rings (SSSR count). The number of nitrogens with two attached hydrogens (primary N) is 1. The average Bonchev–Trinajstić information content (AvgIpc) is 2.72. The number of nitrogens with one attached hydrogen (secondary N) is 1. The SMILES string of the molecule is CCc1cnc(C2(N)CCCC2)[nH]1. The molecule has 3 heteroatoms. The van der Waals surface area contributed by atoms with Crippen molar-refractivity contribution in [3.05, 3.63) is 17.7 Å². The van der Waals surface area contributed by atoms with Crippen LogP contribution in [0.15, 0.2) is 6.20 Å². The molecule has 3 nitrogen and oxygen atoms in total. The van der Waals surface area contributed by atoms with Gasteiger partial charge >= 0.3 is 0 Å². The molecule has 0 atom stereocenters. The topological polar surface area (TPSA) is 54.7 Å². The van der Waals surface area contributed by atoms with Crippen LogP contribution in [0.3, 0.4) is 0 Å². The number of imidazole rings is 1. The molecule has 0 aliphatic heterocycles. The Kier molecular flexibility index (Phi) is 2.12. The number of aromatic nitrogens is 2. The van der Waals surface area contributed by atoms with Crippen LogP contribution in [-0.2, 0) is 12.0 Å². The number of hydrogen-bond acceptors (Lipinski definition) is 2. The van der Waals surface area contributed by atoms with Crippen LogP contribution in [0.1, 0.15) is 44.1 Å². The van der Waals surface area contributed by atoms with Crippen molar-refractivity contribution in [2.24, 2.45) is 5.73 Å². The normalized spacial score (nSPS) is 20.8. The molecule has 1 saturated carbocycles. The van der Waals surface area contributed by atoms with Gasteiger partial charge in [0.15, 0.2) is 0 Å². The second-order valence-corrected chi connectivity index (χ2v) is 3.97. The van der Waals surface area contributed by atoms with Crippen molar-refractivity contribution in [3.8, 4) is 0 Å². The van der Waals surface area contributed by atoms with Gasteiger partial charge < -0.3 is 10.7 Å². The molecule has 0 aromatic carbocycles. The maximum absolute atomic E-state index is 6.25. The van der Waals surface area contributed by atoms with Crippen LogP contribution >= 0.6 is 0 Å². The van der Waals surface area contributed by atoms with Gasteiger partial charge in [-0.15, -0.1) is 0 Å². The molecule has 1 aromatic rings. The minimum Gasteiger partial charge on any atom is -0.344 e. The van der Waals surface area contributed by atoms with Crippen molar-refractivity contribution in [2.45, 2.75) is 44.6 Å². The summed E-state index contributed by atoms with van der Waals surface area (Å²) in [5, 5.41) is 0. The third kappa shape index (κ3) is 1.48. The summed E-state index contributed by atoms with van der Waals surface area (Å²) in [6, 6.07) is 0. The predicted molar refractivity (Wildman–Crippen MR) is 52.3 cm³/mol. The summed E-state index contributed by atoms with van der Waals surface area (Å²) < 4.78 is 0. The lowest BCUT2D eigenvalue weighted by Crippen LogP contribution is -2.34. The zero-order chi connectivity index (χ0) is 9.31. The van der Waals surface area contributed by atoms with Crippen molar-refractivity contribution in [1.82, 2.24) is 9.97 Å². The highest BCUT2D eigenvalue weighted by Crippen LogP contribution is 2.34. The van der Waals surface area contributed by atoms with Crippen molar-refractivity contribution in [1.29, 1.82) is 0 Å². The highest BCUT2D eigenvalue weighted by atomic mass is 15.0.